The van der Waals surface area contributed by atoms with E-state index in [2.05, 4.69) is 49.4 Å². The molecule has 0 aliphatic heterocycles. The van der Waals surface area contributed by atoms with Crippen molar-refractivity contribution < 1.29 is 18.4 Å². The molecule has 0 spiro atoms. The van der Waals surface area contributed by atoms with Crippen LogP contribution in [-0.4, -0.2) is 34.0 Å². The summed E-state index contributed by atoms with van der Waals surface area (Å²) in [7, 11) is 0. The van der Waals surface area contributed by atoms with Gasteiger partial charge in [0, 0.05) is 25.2 Å². The summed E-state index contributed by atoms with van der Waals surface area (Å²) in [5, 5.41) is 9.33. The maximum atomic E-state index is 13.1. The molecule has 0 saturated heterocycles. The van der Waals surface area contributed by atoms with E-state index in [9.17, 15) is 18.4 Å². The number of imidazole rings is 1. The number of fused-ring (bicyclic) bond motifs is 1. The van der Waals surface area contributed by atoms with Crippen LogP contribution in [0.3, 0.4) is 0 Å². The minimum atomic E-state index is -2.62. The fourth-order valence-electron chi connectivity index (χ4n) is 4.79. The molecule has 0 atom stereocenters. The van der Waals surface area contributed by atoms with Crippen LogP contribution in [0.25, 0.3) is 11.0 Å². The summed E-state index contributed by atoms with van der Waals surface area (Å²) in [6, 6.07) is 8.95. The predicted octanol–water partition coefficient (Wildman–Crippen LogP) is 6.21. The van der Waals surface area contributed by atoms with Gasteiger partial charge in [-0.25, -0.2) is 13.8 Å². The standard InChI is InChI=1S/C28H35F2N5O2S/c1-5-24(36)32-18-7-9-19(10-8-18)35-21-11-6-17(15-31-16-28(2,3)4)14-20(21)33-27(35)34-26(37)23-13-12-22(38-23)25(29)30/h5-6,11-14,18-19,25,31H,1,7-10,15-16H2,2-4H3,(H,32,36)(H,33,34,37). The van der Waals surface area contributed by atoms with E-state index in [0.717, 1.165) is 60.2 Å². The van der Waals surface area contributed by atoms with Gasteiger partial charge in [0.2, 0.25) is 11.9 Å². The van der Waals surface area contributed by atoms with Crippen LogP contribution < -0.4 is 16.0 Å². The first-order valence-electron chi connectivity index (χ1n) is 12.9. The SMILES string of the molecule is C=CC(=O)NC1CCC(n2c(NC(=O)c3ccc(C(F)F)s3)nc3cc(CNCC(C)(C)C)ccc32)CC1. The monoisotopic (exact) mass is 543 g/mol. The Bertz CT molecular complexity index is 1300. The van der Waals surface area contributed by atoms with Crippen molar-refractivity contribution in [2.75, 3.05) is 11.9 Å². The highest BCUT2D eigenvalue weighted by Gasteiger charge is 2.27. The van der Waals surface area contributed by atoms with Crippen molar-refractivity contribution in [3.05, 3.63) is 58.3 Å². The first kappa shape index (κ1) is 27.9. The van der Waals surface area contributed by atoms with Crippen LogP contribution in [0.5, 0.6) is 0 Å². The number of carbonyl (C=O) groups is 2. The van der Waals surface area contributed by atoms with Crippen LogP contribution in [0.15, 0.2) is 43.0 Å². The Hall–Kier alpha value is -3.11. The molecule has 2 heterocycles. The molecular formula is C28H35F2N5O2S. The number of rotatable bonds is 9. The molecule has 0 unspecified atom stereocenters. The van der Waals surface area contributed by atoms with Gasteiger partial charge in [0.05, 0.1) is 20.8 Å². The Morgan fingerprint density at radius 3 is 2.55 bits per heavy atom. The summed E-state index contributed by atoms with van der Waals surface area (Å²) < 4.78 is 28.2. The smallest absolute Gasteiger partial charge is 0.272 e. The van der Waals surface area contributed by atoms with E-state index < -0.39 is 12.3 Å². The highest BCUT2D eigenvalue weighted by Crippen LogP contribution is 2.35. The Balaban J connectivity index is 1.59. The molecule has 1 aliphatic rings. The maximum Gasteiger partial charge on any atom is 0.272 e. The van der Waals surface area contributed by atoms with Crippen molar-refractivity contribution >= 4 is 40.1 Å². The molecule has 4 rings (SSSR count). The number of anilines is 1. The van der Waals surface area contributed by atoms with E-state index in [0.29, 0.717) is 12.5 Å². The van der Waals surface area contributed by atoms with Gasteiger partial charge in [-0.15, -0.1) is 11.3 Å². The van der Waals surface area contributed by atoms with Gasteiger partial charge in [0.25, 0.3) is 12.3 Å². The lowest BCUT2D eigenvalue weighted by atomic mass is 9.90. The number of aromatic nitrogens is 2. The third-order valence-electron chi connectivity index (χ3n) is 6.62. The van der Waals surface area contributed by atoms with E-state index in [1.54, 1.807) is 0 Å². The van der Waals surface area contributed by atoms with Crippen LogP contribution in [-0.2, 0) is 11.3 Å². The van der Waals surface area contributed by atoms with Gasteiger partial charge in [-0.05, 0) is 67.0 Å². The Morgan fingerprint density at radius 2 is 1.92 bits per heavy atom. The molecule has 1 saturated carbocycles. The van der Waals surface area contributed by atoms with Crippen LogP contribution in [0, 0.1) is 5.41 Å². The van der Waals surface area contributed by atoms with Crippen LogP contribution in [0.2, 0.25) is 0 Å². The number of amides is 2. The van der Waals surface area contributed by atoms with Gasteiger partial charge < -0.3 is 15.2 Å². The normalized spacial score (nSPS) is 18.1. The number of hydrogen-bond acceptors (Lipinski definition) is 5. The zero-order chi connectivity index (χ0) is 27.4. The van der Waals surface area contributed by atoms with Crippen molar-refractivity contribution in [2.45, 2.75) is 71.5 Å². The molecule has 204 valence electrons. The van der Waals surface area contributed by atoms with E-state index in [4.69, 9.17) is 4.98 Å². The average Bonchev–Trinajstić information content (AvgIpc) is 3.49. The molecule has 38 heavy (non-hydrogen) atoms. The average molecular weight is 544 g/mol. The first-order valence-corrected chi connectivity index (χ1v) is 13.7. The molecule has 2 amide bonds. The van der Waals surface area contributed by atoms with E-state index in [1.807, 2.05) is 16.7 Å². The van der Waals surface area contributed by atoms with Crippen LogP contribution in [0.4, 0.5) is 14.7 Å². The minimum absolute atomic E-state index is 0.0667. The van der Waals surface area contributed by atoms with Crippen molar-refractivity contribution in [2.24, 2.45) is 5.41 Å². The number of halogens is 2. The second-order valence-electron chi connectivity index (χ2n) is 11.0. The first-order chi connectivity index (χ1) is 18.0. The highest BCUT2D eigenvalue weighted by atomic mass is 32.1. The van der Waals surface area contributed by atoms with Crippen molar-refractivity contribution in [3.8, 4) is 0 Å². The predicted molar refractivity (Wildman–Crippen MR) is 148 cm³/mol. The third kappa shape index (κ3) is 6.85. The second-order valence-corrected chi connectivity index (χ2v) is 12.1. The van der Waals surface area contributed by atoms with Gasteiger partial charge in [-0.1, -0.05) is 33.4 Å². The number of thiophene rings is 1. The van der Waals surface area contributed by atoms with Gasteiger partial charge in [0.1, 0.15) is 0 Å². The molecule has 2 aromatic heterocycles. The molecule has 3 N–H and O–H groups in total. The Kier molecular flexibility index (Phi) is 8.62. The molecule has 0 radical (unpaired) electrons. The lowest BCUT2D eigenvalue weighted by Crippen LogP contribution is -2.37. The largest absolute Gasteiger partial charge is 0.350 e. The molecule has 3 aromatic rings. The summed E-state index contributed by atoms with van der Waals surface area (Å²) in [6.07, 6.45) is 1.82. The number of nitrogens with zero attached hydrogens (tertiary/aromatic N) is 2. The topological polar surface area (TPSA) is 88.1 Å². The Labute approximate surface area is 225 Å². The van der Waals surface area contributed by atoms with Gasteiger partial charge in [-0.3, -0.25) is 14.9 Å². The summed E-state index contributed by atoms with van der Waals surface area (Å²) in [5.74, 6) is -0.242. The fraction of sp³-hybridized carbons (Fsp3) is 0.464. The summed E-state index contributed by atoms with van der Waals surface area (Å²) in [4.78, 5) is 29.6. The van der Waals surface area contributed by atoms with E-state index in [-0.39, 0.29) is 33.2 Å². The molecule has 10 heteroatoms. The zero-order valence-electron chi connectivity index (χ0n) is 22.0. The summed E-state index contributed by atoms with van der Waals surface area (Å²) in [6.45, 7) is 11.6. The molecule has 1 fully saturated rings. The lowest BCUT2D eigenvalue weighted by molar-refractivity contribution is -0.117. The molecule has 0 bridgehead atoms. The van der Waals surface area contributed by atoms with Crippen LogP contribution in [0.1, 0.15) is 79.0 Å². The molecule has 7 nitrogen and oxygen atoms in total. The molecule has 1 aliphatic carbocycles. The van der Waals surface area contributed by atoms with E-state index >= 15 is 0 Å². The maximum absolute atomic E-state index is 13.1. The zero-order valence-corrected chi connectivity index (χ0v) is 22.8. The van der Waals surface area contributed by atoms with Gasteiger partial charge >= 0.3 is 0 Å². The summed E-state index contributed by atoms with van der Waals surface area (Å²) >= 11 is 0.783. The lowest BCUT2D eigenvalue weighted by Gasteiger charge is -2.31. The van der Waals surface area contributed by atoms with Crippen molar-refractivity contribution in [1.82, 2.24) is 20.2 Å². The molecule has 1 aromatic carbocycles. The van der Waals surface area contributed by atoms with Gasteiger partial charge in [0.15, 0.2) is 0 Å². The number of nitrogens with one attached hydrogen (secondary N) is 3. The van der Waals surface area contributed by atoms with Crippen molar-refractivity contribution in [1.29, 1.82) is 0 Å². The van der Waals surface area contributed by atoms with E-state index in [1.165, 1.54) is 18.2 Å². The number of hydrogen-bond donors (Lipinski definition) is 3. The fourth-order valence-corrected chi connectivity index (χ4v) is 5.55. The minimum Gasteiger partial charge on any atom is -0.350 e. The number of carbonyl (C=O) groups excluding carboxylic acids is 2. The Morgan fingerprint density at radius 1 is 1.18 bits per heavy atom. The highest BCUT2D eigenvalue weighted by molar-refractivity contribution is 7.14. The second kappa shape index (κ2) is 11.7. The summed E-state index contributed by atoms with van der Waals surface area (Å²) in [5.41, 5.74) is 2.91. The van der Waals surface area contributed by atoms with Gasteiger partial charge in [-0.2, -0.15) is 0 Å². The third-order valence-corrected chi connectivity index (χ3v) is 7.71. The van der Waals surface area contributed by atoms with Crippen molar-refractivity contribution in [3.63, 3.8) is 0 Å². The molecular weight excluding hydrogens is 508 g/mol. The number of alkyl halides is 2. The van der Waals surface area contributed by atoms with Crippen LogP contribution >= 0.6 is 11.3 Å². The quantitative estimate of drug-likeness (QED) is 0.280. The number of benzene rings is 1.